The van der Waals surface area contributed by atoms with E-state index in [1.807, 2.05) is 26.1 Å². The molecule has 32 heavy (non-hydrogen) atoms. The zero-order valence-electron chi connectivity index (χ0n) is 20.2. The number of rotatable bonds is 8. The zero-order valence-corrected chi connectivity index (χ0v) is 20.2. The van der Waals surface area contributed by atoms with Crippen LogP contribution < -0.4 is 16.0 Å². The fraction of sp³-hybridized carbons (Fsp3) is 0.385. The molecule has 172 valence electrons. The van der Waals surface area contributed by atoms with E-state index >= 15 is 0 Å². The summed E-state index contributed by atoms with van der Waals surface area (Å²) < 4.78 is 0. The van der Waals surface area contributed by atoms with Crippen LogP contribution in [0.3, 0.4) is 0 Å². The Hall–Kier alpha value is -3.28. The fourth-order valence-electron chi connectivity index (χ4n) is 3.60. The molecule has 0 saturated carbocycles. The van der Waals surface area contributed by atoms with Crippen LogP contribution in [0, 0.1) is 0 Å². The van der Waals surface area contributed by atoms with Crippen molar-refractivity contribution in [2.24, 2.45) is 4.99 Å². The van der Waals surface area contributed by atoms with E-state index in [0.717, 1.165) is 35.6 Å². The summed E-state index contributed by atoms with van der Waals surface area (Å²) in [5.74, 6) is 0.466. The molecule has 1 aromatic carbocycles. The molecular formula is C26H37N5O. The Bertz CT molecular complexity index is 940. The highest BCUT2D eigenvalue weighted by atomic mass is 16.1. The van der Waals surface area contributed by atoms with Gasteiger partial charge in [0.1, 0.15) is 12.4 Å². The summed E-state index contributed by atoms with van der Waals surface area (Å²) in [6, 6.07) is 10.6. The Balaban J connectivity index is 2.70. The van der Waals surface area contributed by atoms with Gasteiger partial charge in [-0.05, 0) is 50.0 Å². The van der Waals surface area contributed by atoms with Crippen LogP contribution in [0.2, 0.25) is 0 Å². The molecule has 1 amide bonds. The molecule has 6 heteroatoms. The van der Waals surface area contributed by atoms with Crippen LogP contribution in [0.5, 0.6) is 0 Å². The molecule has 2 rings (SSSR count). The standard InChI is InChI=1S/C26H37N5O/c1-8-18(3)25-22(16-15-19(4)27-6)30-26(29-17-24(32)28-7)20(5)31(25)23(9-2)21-13-11-10-12-14-21/h10-16,23,27H,5,8-9,17H2,1-4,6-7H3,(H,28,32)(H,29,30)/b19-15+,22-16+,25-18?. The summed E-state index contributed by atoms with van der Waals surface area (Å²) in [7, 11) is 3.52. The number of amides is 1. The molecule has 1 aliphatic rings. The normalized spacial score (nSPS) is 19.6. The Labute approximate surface area is 192 Å². The largest absolute Gasteiger partial charge is 0.392 e. The predicted molar refractivity (Wildman–Crippen MR) is 134 cm³/mol. The van der Waals surface area contributed by atoms with Gasteiger partial charge >= 0.3 is 0 Å². The zero-order chi connectivity index (χ0) is 23.7. The van der Waals surface area contributed by atoms with Gasteiger partial charge in [-0.2, -0.15) is 0 Å². The SMILES string of the molecule is C=C1C(=NCC(=O)NC)N/C(=C/C=C(\C)NC)C(=C(C)CC)N1C(CC)c1ccccc1. The number of aliphatic imine (C=N–C) groups is 1. The maximum Gasteiger partial charge on any atom is 0.241 e. The lowest BCUT2D eigenvalue weighted by molar-refractivity contribution is -0.119. The van der Waals surface area contributed by atoms with Crippen LogP contribution in [-0.4, -0.2) is 37.3 Å². The van der Waals surface area contributed by atoms with Gasteiger partial charge in [0.15, 0.2) is 0 Å². The van der Waals surface area contributed by atoms with E-state index in [1.165, 1.54) is 11.1 Å². The molecule has 1 aromatic rings. The van der Waals surface area contributed by atoms with Crippen molar-refractivity contribution in [3.05, 3.63) is 83.0 Å². The first-order valence-corrected chi connectivity index (χ1v) is 11.2. The highest BCUT2D eigenvalue weighted by molar-refractivity contribution is 6.01. The first-order chi connectivity index (χ1) is 15.4. The van der Waals surface area contributed by atoms with Crippen LogP contribution in [0.1, 0.15) is 52.1 Å². The summed E-state index contributed by atoms with van der Waals surface area (Å²) >= 11 is 0. The molecule has 0 aromatic heterocycles. The molecule has 1 unspecified atom stereocenters. The highest BCUT2D eigenvalue weighted by Crippen LogP contribution is 2.38. The van der Waals surface area contributed by atoms with E-state index < -0.39 is 0 Å². The third-order valence-corrected chi connectivity index (χ3v) is 5.68. The first-order valence-electron chi connectivity index (χ1n) is 11.2. The summed E-state index contributed by atoms with van der Waals surface area (Å²) in [5, 5.41) is 9.23. The molecule has 0 radical (unpaired) electrons. The van der Waals surface area contributed by atoms with Crippen LogP contribution in [-0.2, 0) is 4.79 Å². The van der Waals surface area contributed by atoms with Crippen LogP contribution in [0.15, 0.2) is 82.4 Å². The van der Waals surface area contributed by atoms with Gasteiger partial charge in [0.2, 0.25) is 5.91 Å². The summed E-state index contributed by atoms with van der Waals surface area (Å²) in [5.41, 5.74) is 6.32. The molecule has 1 heterocycles. The van der Waals surface area contributed by atoms with E-state index in [9.17, 15) is 4.79 Å². The van der Waals surface area contributed by atoms with Gasteiger partial charge in [0.25, 0.3) is 0 Å². The maximum atomic E-state index is 11.9. The molecule has 0 spiro atoms. The van der Waals surface area contributed by atoms with Crippen molar-refractivity contribution >= 4 is 11.7 Å². The second kappa shape index (κ2) is 11.9. The number of benzene rings is 1. The second-order valence-corrected chi connectivity index (χ2v) is 7.78. The van der Waals surface area contributed by atoms with Gasteiger partial charge in [-0.1, -0.05) is 50.8 Å². The number of piperazine rings is 1. The number of allylic oxidation sites excluding steroid dienone is 4. The van der Waals surface area contributed by atoms with Crippen LogP contribution in [0.4, 0.5) is 0 Å². The van der Waals surface area contributed by atoms with E-state index in [-0.39, 0.29) is 18.5 Å². The average molecular weight is 436 g/mol. The smallest absolute Gasteiger partial charge is 0.241 e. The quantitative estimate of drug-likeness (QED) is 0.566. The average Bonchev–Trinajstić information content (AvgIpc) is 2.83. The highest BCUT2D eigenvalue weighted by Gasteiger charge is 2.33. The van der Waals surface area contributed by atoms with E-state index in [1.54, 1.807) is 7.05 Å². The summed E-state index contributed by atoms with van der Waals surface area (Å²) in [6.07, 6.45) is 5.90. The lowest BCUT2D eigenvalue weighted by Gasteiger charge is -2.43. The first kappa shape index (κ1) is 25.0. The van der Waals surface area contributed by atoms with Gasteiger partial charge in [-0.3, -0.25) is 9.79 Å². The topological polar surface area (TPSA) is 68.8 Å². The maximum absolute atomic E-state index is 11.9. The van der Waals surface area contributed by atoms with Gasteiger partial charge in [0, 0.05) is 19.8 Å². The number of amidine groups is 1. The predicted octanol–water partition coefficient (Wildman–Crippen LogP) is 4.39. The Morgan fingerprint density at radius 2 is 1.88 bits per heavy atom. The third kappa shape index (κ3) is 5.90. The molecule has 0 bridgehead atoms. The minimum atomic E-state index is -0.142. The van der Waals surface area contributed by atoms with E-state index in [0.29, 0.717) is 5.84 Å². The van der Waals surface area contributed by atoms with Crippen LogP contribution >= 0.6 is 0 Å². The van der Waals surface area contributed by atoms with Crippen molar-refractivity contribution in [3.63, 3.8) is 0 Å². The van der Waals surface area contributed by atoms with Crippen molar-refractivity contribution in [1.82, 2.24) is 20.9 Å². The second-order valence-electron chi connectivity index (χ2n) is 7.78. The Kier molecular flexibility index (Phi) is 9.32. The van der Waals surface area contributed by atoms with Gasteiger partial charge in [-0.15, -0.1) is 0 Å². The van der Waals surface area contributed by atoms with Crippen molar-refractivity contribution in [2.45, 2.75) is 46.6 Å². The number of carbonyl (C=O) groups is 1. The number of hydrogen-bond donors (Lipinski definition) is 3. The summed E-state index contributed by atoms with van der Waals surface area (Å²) in [6.45, 7) is 13.0. The number of carbonyl (C=O) groups excluding carboxylic acids is 1. The van der Waals surface area contributed by atoms with Gasteiger partial charge < -0.3 is 20.9 Å². The number of likely N-dealkylation sites (N-methyl/N-ethyl adjacent to an activating group) is 1. The monoisotopic (exact) mass is 435 g/mol. The Morgan fingerprint density at radius 3 is 2.44 bits per heavy atom. The fourth-order valence-corrected chi connectivity index (χ4v) is 3.60. The number of nitrogens with zero attached hydrogens (tertiary/aromatic N) is 2. The minimum Gasteiger partial charge on any atom is -0.392 e. The molecule has 1 fully saturated rings. The van der Waals surface area contributed by atoms with E-state index in [2.05, 4.69) is 83.5 Å². The molecular weight excluding hydrogens is 398 g/mol. The number of nitrogens with one attached hydrogen (secondary N) is 3. The van der Waals surface area contributed by atoms with Crippen molar-refractivity contribution in [3.8, 4) is 0 Å². The van der Waals surface area contributed by atoms with Gasteiger partial charge in [-0.25, -0.2) is 0 Å². The molecule has 1 atom stereocenters. The molecule has 3 N–H and O–H groups in total. The lowest BCUT2D eigenvalue weighted by atomic mass is 9.96. The molecule has 6 nitrogen and oxygen atoms in total. The molecule has 0 aliphatic carbocycles. The van der Waals surface area contributed by atoms with Crippen molar-refractivity contribution in [1.29, 1.82) is 0 Å². The van der Waals surface area contributed by atoms with Gasteiger partial charge in [0.05, 0.1) is 23.1 Å². The molecule has 1 aliphatic heterocycles. The lowest BCUT2D eigenvalue weighted by Crippen LogP contribution is -2.45. The van der Waals surface area contributed by atoms with Crippen molar-refractivity contribution in [2.75, 3.05) is 20.6 Å². The Morgan fingerprint density at radius 1 is 1.19 bits per heavy atom. The molecule has 1 saturated heterocycles. The third-order valence-electron chi connectivity index (χ3n) is 5.68. The van der Waals surface area contributed by atoms with Crippen molar-refractivity contribution < 1.29 is 4.79 Å². The number of hydrogen-bond acceptors (Lipinski definition) is 4. The van der Waals surface area contributed by atoms with Crippen LogP contribution in [0.25, 0.3) is 0 Å². The van der Waals surface area contributed by atoms with E-state index in [4.69, 9.17) is 0 Å². The summed E-state index contributed by atoms with van der Waals surface area (Å²) in [4.78, 5) is 18.7. The minimum absolute atomic E-state index is 0.0400.